The third kappa shape index (κ3) is 5.18. The largest absolute Gasteiger partial charge is 0.449 e. The smallest absolute Gasteiger partial charge is 0.409 e. The molecule has 1 aromatic heterocycles. The van der Waals surface area contributed by atoms with Crippen LogP contribution in [0.25, 0.3) is 0 Å². The number of rotatable bonds is 5. The molecule has 1 N–H and O–H groups in total. The minimum absolute atomic E-state index is 0.0733. The van der Waals surface area contributed by atoms with E-state index in [2.05, 4.69) is 15.2 Å². The predicted octanol–water partition coefficient (Wildman–Crippen LogP) is 1.88. The molecule has 128 valence electrons. The third-order valence-corrected chi connectivity index (χ3v) is 4.39. The Morgan fingerprint density at radius 1 is 1.30 bits per heavy atom. The normalized spacial score (nSPS) is 17.1. The Balaban J connectivity index is 1.77. The monoisotopic (exact) mass is 340 g/mol. The highest BCUT2D eigenvalue weighted by Crippen LogP contribution is 2.13. The highest BCUT2D eigenvalue weighted by molar-refractivity contribution is 7.13. The number of carbonyl (C=O) groups is 2. The van der Waals surface area contributed by atoms with Crippen molar-refractivity contribution in [3.63, 3.8) is 0 Å². The highest BCUT2D eigenvalue weighted by Gasteiger charge is 2.28. The first-order valence-electron chi connectivity index (χ1n) is 7.83. The van der Waals surface area contributed by atoms with E-state index in [9.17, 15) is 9.59 Å². The predicted molar refractivity (Wildman–Crippen MR) is 89.5 cm³/mol. The van der Waals surface area contributed by atoms with E-state index in [1.807, 2.05) is 26.2 Å². The van der Waals surface area contributed by atoms with Gasteiger partial charge in [-0.05, 0) is 12.8 Å². The molecule has 2 heterocycles. The van der Waals surface area contributed by atoms with Gasteiger partial charge in [-0.3, -0.25) is 9.69 Å². The molecule has 1 saturated heterocycles. The van der Waals surface area contributed by atoms with Crippen LogP contribution in [0.3, 0.4) is 0 Å². The van der Waals surface area contributed by atoms with E-state index >= 15 is 0 Å². The standard InChI is InChI=1S/C15H24N4O3S/c1-11(2)10-22-15(21)19-7-5-18(6-8-19)12(3)13(20)17-14-16-4-9-23-14/h4,9,11-12H,5-8,10H2,1-3H3,(H,16,17,20)/t12-/m1/s1. The summed E-state index contributed by atoms with van der Waals surface area (Å²) in [5.74, 6) is 0.255. The van der Waals surface area contributed by atoms with Crippen LogP contribution in [0.1, 0.15) is 20.8 Å². The van der Waals surface area contributed by atoms with Crippen molar-refractivity contribution in [2.24, 2.45) is 5.92 Å². The van der Waals surface area contributed by atoms with Gasteiger partial charge in [-0.2, -0.15) is 0 Å². The Kier molecular flexibility index (Phi) is 6.35. The molecule has 0 aliphatic carbocycles. The number of carbonyl (C=O) groups excluding carboxylic acids is 2. The van der Waals surface area contributed by atoms with E-state index in [4.69, 9.17) is 4.74 Å². The van der Waals surface area contributed by atoms with Crippen LogP contribution in [0.2, 0.25) is 0 Å². The number of nitrogens with one attached hydrogen (secondary N) is 1. The van der Waals surface area contributed by atoms with Crippen molar-refractivity contribution >= 4 is 28.5 Å². The Morgan fingerprint density at radius 3 is 2.57 bits per heavy atom. The van der Waals surface area contributed by atoms with Crippen LogP contribution in [-0.2, 0) is 9.53 Å². The molecule has 7 nitrogen and oxygen atoms in total. The number of hydrogen-bond donors (Lipinski definition) is 1. The number of nitrogens with zero attached hydrogens (tertiary/aromatic N) is 3. The molecule has 2 amide bonds. The van der Waals surface area contributed by atoms with Gasteiger partial charge in [-0.15, -0.1) is 11.3 Å². The lowest BCUT2D eigenvalue weighted by molar-refractivity contribution is -0.121. The van der Waals surface area contributed by atoms with Crippen molar-refractivity contribution in [1.82, 2.24) is 14.8 Å². The summed E-state index contributed by atoms with van der Waals surface area (Å²) in [5.41, 5.74) is 0. The SMILES string of the molecule is CC(C)COC(=O)N1CCN([C@H](C)C(=O)Nc2nccs2)CC1. The van der Waals surface area contributed by atoms with Crippen molar-refractivity contribution in [1.29, 1.82) is 0 Å². The van der Waals surface area contributed by atoms with Crippen LogP contribution in [0.4, 0.5) is 9.93 Å². The van der Waals surface area contributed by atoms with E-state index in [0.29, 0.717) is 43.8 Å². The lowest BCUT2D eigenvalue weighted by Gasteiger charge is -2.36. The van der Waals surface area contributed by atoms with Gasteiger partial charge in [0.25, 0.3) is 0 Å². The van der Waals surface area contributed by atoms with Gasteiger partial charge < -0.3 is 15.0 Å². The van der Waals surface area contributed by atoms with Crippen molar-refractivity contribution in [2.45, 2.75) is 26.8 Å². The Bertz CT molecular complexity index is 513. The first-order valence-corrected chi connectivity index (χ1v) is 8.71. The molecule has 0 spiro atoms. The number of amides is 2. The summed E-state index contributed by atoms with van der Waals surface area (Å²) >= 11 is 1.40. The van der Waals surface area contributed by atoms with Crippen LogP contribution in [0.5, 0.6) is 0 Å². The molecule has 0 bridgehead atoms. The molecule has 0 aromatic carbocycles. The maximum atomic E-state index is 12.2. The fraction of sp³-hybridized carbons (Fsp3) is 0.667. The second kappa shape index (κ2) is 8.26. The van der Waals surface area contributed by atoms with Gasteiger partial charge in [0.15, 0.2) is 5.13 Å². The van der Waals surface area contributed by atoms with Crippen molar-refractivity contribution in [3.8, 4) is 0 Å². The highest BCUT2D eigenvalue weighted by atomic mass is 32.1. The molecule has 1 aromatic rings. The van der Waals surface area contributed by atoms with Gasteiger partial charge in [0.2, 0.25) is 5.91 Å². The summed E-state index contributed by atoms with van der Waals surface area (Å²) in [6.07, 6.45) is 1.39. The van der Waals surface area contributed by atoms with Gasteiger partial charge in [-0.25, -0.2) is 9.78 Å². The molecular formula is C15H24N4O3S. The molecule has 1 aliphatic heterocycles. The van der Waals surface area contributed by atoms with Gasteiger partial charge in [0, 0.05) is 37.8 Å². The fourth-order valence-corrected chi connectivity index (χ4v) is 2.81. The first kappa shape index (κ1) is 17.7. The minimum atomic E-state index is -0.266. The van der Waals surface area contributed by atoms with Crippen LogP contribution in [0, 0.1) is 5.92 Å². The van der Waals surface area contributed by atoms with Gasteiger partial charge in [0.1, 0.15) is 0 Å². The average Bonchev–Trinajstić information content (AvgIpc) is 3.05. The molecular weight excluding hydrogens is 316 g/mol. The van der Waals surface area contributed by atoms with Crippen molar-refractivity contribution in [2.75, 3.05) is 38.1 Å². The van der Waals surface area contributed by atoms with E-state index in [-0.39, 0.29) is 18.0 Å². The summed E-state index contributed by atoms with van der Waals surface area (Å²) in [6.45, 7) is 8.79. The molecule has 0 unspecified atom stereocenters. The molecule has 8 heteroatoms. The maximum Gasteiger partial charge on any atom is 0.409 e. The molecule has 1 fully saturated rings. The lowest BCUT2D eigenvalue weighted by atomic mass is 10.2. The first-order chi connectivity index (χ1) is 11.0. The second-order valence-corrected chi connectivity index (χ2v) is 6.89. The van der Waals surface area contributed by atoms with E-state index in [1.54, 1.807) is 11.1 Å². The van der Waals surface area contributed by atoms with E-state index in [0.717, 1.165) is 0 Å². The number of ether oxygens (including phenoxy) is 1. The zero-order valence-corrected chi connectivity index (χ0v) is 14.6. The van der Waals surface area contributed by atoms with Gasteiger partial charge >= 0.3 is 6.09 Å². The lowest BCUT2D eigenvalue weighted by Crippen LogP contribution is -2.54. The Labute approximate surface area is 140 Å². The Morgan fingerprint density at radius 2 is 2.00 bits per heavy atom. The summed E-state index contributed by atoms with van der Waals surface area (Å²) in [4.78, 5) is 32.0. The third-order valence-electron chi connectivity index (χ3n) is 3.70. The minimum Gasteiger partial charge on any atom is -0.449 e. The summed E-state index contributed by atoms with van der Waals surface area (Å²) in [5, 5.41) is 5.24. The number of thiazole rings is 1. The molecule has 1 aliphatic rings. The number of anilines is 1. The van der Waals surface area contributed by atoms with Crippen molar-refractivity contribution in [3.05, 3.63) is 11.6 Å². The van der Waals surface area contributed by atoms with Gasteiger partial charge in [0.05, 0.1) is 12.6 Å². The van der Waals surface area contributed by atoms with Crippen LogP contribution >= 0.6 is 11.3 Å². The average molecular weight is 340 g/mol. The Hall–Kier alpha value is -1.67. The number of hydrogen-bond acceptors (Lipinski definition) is 6. The summed E-state index contributed by atoms with van der Waals surface area (Å²) in [6, 6.07) is -0.257. The quantitative estimate of drug-likeness (QED) is 0.886. The van der Waals surface area contributed by atoms with Crippen molar-refractivity contribution < 1.29 is 14.3 Å². The molecule has 1 atom stereocenters. The zero-order valence-electron chi connectivity index (χ0n) is 13.8. The van der Waals surface area contributed by atoms with Crippen LogP contribution < -0.4 is 5.32 Å². The summed E-state index contributed by atoms with van der Waals surface area (Å²) < 4.78 is 5.24. The van der Waals surface area contributed by atoms with Crippen LogP contribution in [-0.4, -0.2) is 65.6 Å². The molecule has 23 heavy (non-hydrogen) atoms. The number of aromatic nitrogens is 1. The zero-order chi connectivity index (χ0) is 16.8. The maximum absolute atomic E-state index is 12.2. The number of piperazine rings is 1. The van der Waals surface area contributed by atoms with Gasteiger partial charge in [-0.1, -0.05) is 13.8 Å². The van der Waals surface area contributed by atoms with E-state index < -0.39 is 0 Å². The molecule has 0 radical (unpaired) electrons. The topological polar surface area (TPSA) is 74.8 Å². The van der Waals surface area contributed by atoms with E-state index in [1.165, 1.54) is 11.3 Å². The second-order valence-electron chi connectivity index (χ2n) is 6.00. The van der Waals surface area contributed by atoms with Crippen LogP contribution in [0.15, 0.2) is 11.6 Å². The summed E-state index contributed by atoms with van der Waals surface area (Å²) in [7, 11) is 0. The fourth-order valence-electron chi connectivity index (χ4n) is 2.28. The molecule has 0 saturated carbocycles. The molecule has 2 rings (SSSR count).